The van der Waals surface area contributed by atoms with E-state index in [9.17, 15) is 9.18 Å². The highest BCUT2D eigenvalue weighted by molar-refractivity contribution is 6.30. The van der Waals surface area contributed by atoms with Crippen molar-refractivity contribution in [3.05, 3.63) is 28.5 Å². The van der Waals surface area contributed by atoms with Crippen molar-refractivity contribution in [2.24, 2.45) is 5.73 Å². The Kier molecular flexibility index (Phi) is 5.14. The summed E-state index contributed by atoms with van der Waals surface area (Å²) in [6.07, 6.45) is 5.07. The van der Waals surface area contributed by atoms with E-state index in [4.69, 9.17) is 22.2 Å². The summed E-state index contributed by atoms with van der Waals surface area (Å²) < 4.78 is 14.8. The number of fused-ring (bicyclic) bond motifs is 3. The van der Waals surface area contributed by atoms with E-state index in [1.54, 1.807) is 6.07 Å². The van der Waals surface area contributed by atoms with E-state index in [1.165, 1.54) is 13.0 Å². The molecule has 0 atom stereocenters. The summed E-state index contributed by atoms with van der Waals surface area (Å²) in [6, 6.07) is 3.07. The minimum absolute atomic E-state index is 0. The van der Waals surface area contributed by atoms with Crippen LogP contribution in [0.1, 0.15) is 51.0 Å². The number of hydrogen-bond acceptors (Lipinski definition) is 3. The van der Waals surface area contributed by atoms with E-state index in [1.807, 2.05) is 0 Å². The number of carbonyl (C=O) groups is 1. The lowest BCUT2D eigenvalue weighted by Gasteiger charge is -2.52. The van der Waals surface area contributed by atoms with Crippen molar-refractivity contribution in [1.82, 2.24) is 5.48 Å². The summed E-state index contributed by atoms with van der Waals surface area (Å²) in [5.74, 6) is -0.452. The molecule has 1 aromatic rings. The zero-order valence-electron chi connectivity index (χ0n) is 13.0. The van der Waals surface area contributed by atoms with E-state index in [0.717, 1.165) is 38.5 Å². The quantitative estimate of drug-likeness (QED) is 0.806. The molecule has 2 bridgehead atoms. The lowest BCUT2D eigenvalue weighted by atomic mass is 9.55. The van der Waals surface area contributed by atoms with Gasteiger partial charge in [0.2, 0.25) is 5.91 Å². The Hall–Kier alpha value is -1.04. The maximum Gasteiger partial charge on any atom is 0.249 e. The molecule has 7 heteroatoms. The van der Waals surface area contributed by atoms with Crippen molar-refractivity contribution in [3.8, 4) is 5.75 Å². The van der Waals surface area contributed by atoms with Crippen LogP contribution in [0.15, 0.2) is 12.1 Å². The van der Waals surface area contributed by atoms with Crippen LogP contribution in [0.5, 0.6) is 5.75 Å². The molecule has 0 spiro atoms. The predicted octanol–water partition coefficient (Wildman–Crippen LogP) is 3.63. The van der Waals surface area contributed by atoms with E-state index in [0.29, 0.717) is 11.3 Å². The minimum atomic E-state index is -0.448. The third-order valence-corrected chi connectivity index (χ3v) is 5.49. The van der Waals surface area contributed by atoms with Gasteiger partial charge in [0, 0.05) is 23.4 Å². The van der Waals surface area contributed by atoms with E-state index < -0.39 is 5.82 Å². The largest absolute Gasteiger partial charge is 0.379 e. The van der Waals surface area contributed by atoms with Gasteiger partial charge in [0.25, 0.3) is 0 Å². The van der Waals surface area contributed by atoms with Gasteiger partial charge in [-0.15, -0.1) is 12.4 Å². The van der Waals surface area contributed by atoms with E-state index in [-0.39, 0.29) is 34.3 Å². The molecular weight excluding hydrogens is 342 g/mol. The van der Waals surface area contributed by atoms with Crippen molar-refractivity contribution in [2.45, 2.75) is 56.4 Å². The molecule has 1 aromatic carbocycles. The number of benzene rings is 1. The lowest BCUT2D eigenvalue weighted by Crippen LogP contribution is -2.53. The van der Waals surface area contributed by atoms with Crippen LogP contribution in [0.2, 0.25) is 5.02 Å². The number of halogens is 3. The van der Waals surface area contributed by atoms with Gasteiger partial charge < -0.3 is 10.6 Å². The van der Waals surface area contributed by atoms with Crippen molar-refractivity contribution in [1.29, 1.82) is 0 Å². The molecule has 0 heterocycles. The molecule has 3 fully saturated rings. The first kappa shape index (κ1) is 18.3. The molecule has 3 N–H and O–H groups in total. The van der Waals surface area contributed by atoms with Crippen molar-refractivity contribution in [3.63, 3.8) is 0 Å². The van der Waals surface area contributed by atoms with Gasteiger partial charge in [-0.3, -0.25) is 4.79 Å². The maximum absolute atomic E-state index is 14.8. The highest BCUT2D eigenvalue weighted by Gasteiger charge is 2.50. The number of carbonyl (C=O) groups excluding carboxylic acids is 1. The van der Waals surface area contributed by atoms with Crippen molar-refractivity contribution >= 4 is 29.9 Å². The van der Waals surface area contributed by atoms with Gasteiger partial charge in [-0.05, 0) is 50.7 Å². The minimum Gasteiger partial charge on any atom is -0.379 e. The van der Waals surface area contributed by atoms with E-state index >= 15 is 0 Å². The number of amides is 1. The normalized spacial score (nSPS) is 28.9. The SMILES string of the molecule is CC(=O)NOc1ccc(Cl)c(F)c1C12CCC(N)(CC1)CC2.Cl. The van der Waals surface area contributed by atoms with Gasteiger partial charge in [0.05, 0.1) is 5.02 Å². The summed E-state index contributed by atoms with van der Waals surface area (Å²) in [4.78, 5) is 16.4. The number of nitrogens with one attached hydrogen (secondary N) is 1. The molecular formula is C16H21Cl2FN2O2. The average Bonchev–Trinajstić information content (AvgIpc) is 2.49. The Morgan fingerprint density at radius 2 is 1.83 bits per heavy atom. The standard InChI is InChI=1S/C16H20ClFN2O2.ClH/c1-10(21)20-22-12-3-2-11(17)14(18)13(12)15-4-7-16(19,8-5-15)9-6-15;/h2-3H,4-9,19H2,1H3,(H,20,21);1H. The molecule has 0 radical (unpaired) electrons. The second-order valence-electron chi connectivity index (χ2n) is 6.64. The van der Waals surface area contributed by atoms with Crippen LogP contribution in [-0.4, -0.2) is 11.4 Å². The highest BCUT2D eigenvalue weighted by atomic mass is 35.5. The first-order valence-corrected chi connectivity index (χ1v) is 7.94. The zero-order chi connectivity index (χ0) is 16.0. The number of nitrogens with two attached hydrogens (primary N) is 1. The molecule has 3 aliphatic carbocycles. The third kappa shape index (κ3) is 3.28. The molecule has 0 aromatic heterocycles. The second kappa shape index (κ2) is 6.46. The molecule has 0 aliphatic heterocycles. The first-order chi connectivity index (χ1) is 10.4. The lowest BCUT2D eigenvalue weighted by molar-refractivity contribution is -0.125. The Bertz CT molecular complexity index is 600. The summed E-state index contributed by atoms with van der Waals surface area (Å²) in [5, 5.41) is 0.0784. The second-order valence-corrected chi connectivity index (χ2v) is 7.04. The van der Waals surface area contributed by atoms with Crippen molar-refractivity contribution in [2.75, 3.05) is 0 Å². The van der Waals surface area contributed by atoms with Gasteiger partial charge in [0.1, 0.15) is 5.82 Å². The Balaban J connectivity index is 0.00000192. The fraction of sp³-hybridized carbons (Fsp3) is 0.562. The van der Waals surface area contributed by atoms with Gasteiger partial charge in [-0.2, -0.15) is 5.48 Å². The summed E-state index contributed by atoms with van der Waals surface area (Å²) >= 11 is 5.98. The van der Waals surface area contributed by atoms with Gasteiger partial charge in [-0.1, -0.05) is 11.6 Å². The molecule has 128 valence electrons. The van der Waals surface area contributed by atoms with Crippen LogP contribution >= 0.6 is 24.0 Å². The number of hydrogen-bond donors (Lipinski definition) is 2. The Labute approximate surface area is 146 Å². The fourth-order valence-corrected chi connectivity index (χ4v) is 3.99. The van der Waals surface area contributed by atoms with Crippen LogP contribution < -0.4 is 16.1 Å². The molecule has 23 heavy (non-hydrogen) atoms. The van der Waals surface area contributed by atoms with Gasteiger partial charge in [-0.25, -0.2) is 4.39 Å². The smallest absolute Gasteiger partial charge is 0.249 e. The Morgan fingerprint density at radius 3 is 2.35 bits per heavy atom. The predicted molar refractivity (Wildman–Crippen MR) is 89.4 cm³/mol. The first-order valence-electron chi connectivity index (χ1n) is 7.56. The summed E-state index contributed by atoms with van der Waals surface area (Å²) in [6.45, 7) is 1.34. The molecule has 1 amide bonds. The van der Waals surface area contributed by atoms with Crippen LogP contribution in [-0.2, 0) is 10.2 Å². The molecule has 4 nitrogen and oxygen atoms in total. The van der Waals surface area contributed by atoms with E-state index in [2.05, 4.69) is 5.48 Å². The maximum atomic E-state index is 14.8. The number of rotatable bonds is 3. The van der Waals surface area contributed by atoms with Crippen LogP contribution in [0.3, 0.4) is 0 Å². The van der Waals surface area contributed by atoms with Crippen LogP contribution in [0.25, 0.3) is 0 Å². The van der Waals surface area contributed by atoms with Crippen LogP contribution in [0.4, 0.5) is 4.39 Å². The van der Waals surface area contributed by atoms with Crippen LogP contribution in [0, 0.1) is 5.82 Å². The summed E-state index contributed by atoms with van der Waals surface area (Å²) in [5.41, 5.74) is 8.68. The zero-order valence-corrected chi connectivity index (χ0v) is 14.5. The van der Waals surface area contributed by atoms with Crippen molar-refractivity contribution < 1.29 is 14.0 Å². The monoisotopic (exact) mass is 362 g/mol. The molecule has 0 unspecified atom stereocenters. The fourth-order valence-electron chi connectivity index (χ4n) is 3.83. The number of hydroxylamine groups is 1. The average molecular weight is 363 g/mol. The molecule has 4 rings (SSSR count). The Morgan fingerprint density at radius 1 is 1.26 bits per heavy atom. The highest BCUT2D eigenvalue weighted by Crippen LogP contribution is 2.55. The van der Waals surface area contributed by atoms with Gasteiger partial charge in [0.15, 0.2) is 5.75 Å². The topological polar surface area (TPSA) is 64.3 Å². The molecule has 0 saturated heterocycles. The third-order valence-electron chi connectivity index (χ3n) is 5.20. The molecule has 3 saturated carbocycles. The van der Waals surface area contributed by atoms with Gasteiger partial charge >= 0.3 is 0 Å². The molecule has 3 aliphatic rings. The summed E-state index contributed by atoms with van der Waals surface area (Å²) in [7, 11) is 0.